The molecular weight excluding hydrogens is 673 g/mol. The third kappa shape index (κ3) is 14.0. The van der Waals surface area contributed by atoms with Crippen LogP contribution in [0.5, 0.6) is 0 Å². The molecule has 0 spiro atoms. The molecule has 3 heteroatoms. The third-order valence-corrected chi connectivity index (χ3v) is 20.0. The van der Waals surface area contributed by atoms with Crippen LogP contribution in [0.2, 0.25) is 0 Å². The van der Waals surface area contributed by atoms with E-state index < -0.39 is 0 Å². The van der Waals surface area contributed by atoms with Gasteiger partial charge in [-0.1, -0.05) is 156 Å². The van der Waals surface area contributed by atoms with Gasteiger partial charge >= 0.3 is 0 Å². The van der Waals surface area contributed by atoms with Gasteiger partial charge in [-0.05, 0) is 124 Å². The summed E-state index contributed by atoms with van der Waals surface area (Å²) in [6.07, 6.45) is 59.2. The van der Waals surface area contributed by atoms with E-state index in [-0.39, 0.29) is 36.3 Å². The summed E-state index contributed by atoms with van der Waals surface area (Å²) in [5.41, 5.74) is 4.51. The first-order valence-corrected chi connectivity index (χ1v) is 24.0. The van der Waals surface area contributed by atoms with Crippen LogP contribution in [0.25, 0.3) is 0 Å². The average molecular weight is 747 g/mol. The molecule has 0 N–H and O–H groups in total. The van der Waals surface area contributed by atoms with Crippen LogP contribution in [0.3, 0.4) is 0 Å². The van der Waals surface area contributed by atoms with Crippen molar-refractivity contribution in [3.05, 3.63) is 24.3 Å². The first kappa shape index (κ1) is 38.8. The van der Waals surface area contributed by atoms with Crippen LogP contribution in [-0.2, 0) is 20.4 Å². The first-order chi connectivity index (χ1) is 21.9. The summed E-state index contributed by atoms with van der Waals surface area (Å²) >= 11 is 0. The topological polar surface area (TPSA) is 0 Å². The Hall–Kier alpha value is 1.00. The van der Waals surface area contributed by atoms with Gasteiger partial charge in [-0.15, -0.1) is 0 Å². The Kier molecular flexibility index (Phi) is 20.2. The standard InChI is InChI=1S/2C21H37P.Pd/c2*1-4-11-19(12-5-1)13-10-18-22(20-14-6-2-7-15-20)21-16-8-3-9-17-21;/h2*10,13,19-21H,1-9,11-12,14-18H2;. The maximum Gasteiger partial charge on any atom is 0 e. The van der Waals surface area contributed by atoms with Gasteiger partial charge in [-0.3, -0.25) is 0 Å². The zero-order valence-electron chi connectivity index (χ0n) is 29.6. The predicted octanol–water partition coefficient (Wildman–Crippen LogP) is 14.5. The van der Waals surface area contributed by atoms with E-state index in [0.717, 1.165) is 34.5 Å². The summed E-state index contributed by atoms with van der Waals surface area (Å²) in [6.45, 7) is 0. The molecule has 6 aliphatic carbocycles. The van der Waals surface area contributed by atoms with Crippen molar-refractivity contribution in [2.24, 2.45) is 11.8 Å². The monoisotopic (exact) mass is 746 g/mol. The maximum atomic E-state index is 2.66. The second-order valence-electron chi connectivity index (χ2n) is 16.2. The van der Waals surface area contributed by atoms with E-state index in [1.165, 1.54) is 154 Å². The molecule has 6 saturated carbocycles. The van der Waals surface area contributed by atoms with E-state index in [1.54, 1.807) is 51.4 Å². The molecule has 0 heterocycles. The van der Waals surface area contributed by atoms with Gasteiger partial charge in [0.05, 0.1) is 0 Å². The summed E-state index contributed by atoms with van der Waals surface area (Å²) in [6, 6.07) is 0. The van der Waals surface area contributed by atoms with Gasteiger partial charge in [0.15, 0.2) is 0 Å². The zero-order valence-corrected chi connectivity index (χ0v) is 33.0. The molecule has 0 radical (unpaired) electrons. The number of rotatable bonds is 10. The molecule has 0 bridgehead atoms. The Morgan fingerprint density at radius 3 is 0.778 bits per heavy atom. The molecule has 0 amide bonds. The number of allylic oxidation sites excluding steroid dienone is 4. The minimum absolute atomic E-state index is 0. The van der Waals surface area contributed by atoms with Crippen LogP contribution >= 0.6 is 15.8 Å². The quantitative estimate of drug-likeness (QED) is 0.119. The molecule has 0 saturated heterocycles. The van der Waals surface area contributed by atoms with Crippen molar-refractivity contribution < 1.29 is 20.4 Å². The van der Waals surface area contributed by atoms with Crippen LogP contribution in [0.1, 0.15) is 193 Å². The second kappa shape index (κ2) is 23.4. The van der Waals surface area contributed by atoms with Gasteiger partial charge < -0.3 is 0 Å². The Morgan fingerprint density at radius 2 is 0.533 bits per heavy atom. The molecule has 0 aromatic carbocycles. The van der Waals surface area contributed by atoms with Crippen molar-refractivity contribution in [1.29, 1.82) is 0 Å². The second-order valence-corrected chi connectivity index (χ2v) is 21.9. The van der Waals surface area contributed by atoms with Gasteiger partial charge in [-0.2, -0.15) is 0 Å². The van der Waals surface area contributed by atoms with Crippen LogP contribution < -0.4 is 0 Å². The fraction of sp³-hybridized carbons (Fsp3) is 0.905. The smallest absolute Gasteiger partial charge is 0 e. The van der Waals surface area contributed by atoms with Gasteiger partial charge in [0.25, 0.3) is 0 Å². The molecule has 6 aliphatic rings. The van der Waals surface area contributed by atoms with E-state index in [1.807, 2.05) is 0 Å². The molecule has 0 aromatic rings. The van der Waals surface area contributed by atoms with Crippen molar-refractivity contribution in [2.45, 2.75) is 215 Å². The molecule has 6 rings (SSSR count). The van der Waals surface area contributed by atoms with Crippen molar-refractivity contribution in [3.8, 4) is 0 Å². The van der Waals surface area contributed by atoms with E-state index in [2.05, 4.69) is 24.3 Å². The van der Waals surface area contributed by atoms with Crippen molar-refractivity contribution in [1.82, 2.24) is 0 Å². The van der Waals surface area contributed by atoms with E-state index in [4.69, 9.17) is 0 Å². The van der Waals surface area contributed by atoms with Crippen LogP contribution in [0.4, 0.5) is 0 Å². The fourth-order valence-corrected chi connectivity index (χ4v) is 17.5. The van der Waals surface area contributed by atoms with Gasteiger partial charge in [-0.25, -0.2) is 0 Å². The summed E-state index contributed by atoms with van der Waals surface area (Å²) in [5, 5.41) is 0. The molecule has 0 unspecified atom stereocenters. The average Bonchev–Trinajstić information content (AvgIpc) is 3.11. The first-order valence-electron chi connectivity index (χ1n) is 20.7. The predicted molar refractivity (Wildman–Crippen MR) is 202 cm³/mol. The minimum Gasteiger partial charge on any atom is -0.0965 e. The van der Waals surface area contributed by atoms with Crippen molar-refractivity contribution >= 4 is 15.8 Å². The third-order valence-electron chi connectivity index (χ3n) is 12.9. The zero-order chi connectivity index (χ0) is 30.1. The van der Waals surface area contributed by atoms with Gasteiger partial charge in [0.2, 0.25) is 0 Å². The van der Waals surface area contributed by atoms with Crippen LogP contribution in [0, 0.1) is 11.8 Å². The number of hydrogen-bond acceptors (Lipinski definition) is 0. The molecule has 6 fully saturated rings. The minimum atomic E-state index is 0. The molecule has 45 heavy (non-hydrogen) atoms. The van der Waals surface area contributed by atoms with Gasteiger partial charge in [0.1, 0.15) is 0 Å². The van der Waals surface area contributed by atoms with E-state index in [0.29, 0.717) is 0 Å². The maximum absolute atomic E-state index is 2.66. The van der Waals surface area contributed by atoms with E-state index in [9.17, 15) is 0 Å². The van der Waals surface area contributed by atoms with Crippen LogP contribution in [0.15, 0.2) is 24.3 Å². The summed E-state index contributed by atoms with van der Waals surface area (Å²) in [4.78, 5) is 0. The SMILES string of the molecule is C(=CC1CCCCC1)CP(C1CCCCC1)C1CCCCC1.C(=CC1CCCCC1)CP(C1CCCCC1)C1CCCCC1.[Pd]. The van der Waals surface area contributed by atoms with Crippen molar-refractivity contribution in [3.63, 3.8) is 0 Å². The molecule has 0 aliphatic heterocycles. The molecular formula is C42H74P2Pd. The molecule has 0 nitrogen and oxygen atoms in total. The Morgan fingerprint density at radius 1 is 0.311 bits per heavy atom. The normalized spacial score (nSPS) is 26.4. The summed E-state index contributed by atoms with van der Waals surface area (Å²) in [5.74, 6) is 1.87. The molecule has 0 atom stereocenters. The van der Waals surface area contributed by atoms with E-state index >= 15 is 0 Å². The number of hydrogen-bond donors (Lipinski definition) is 0. The Balaban J connectivity index is 0.000000200. The summed E-state index contributed by atoms with van der Waals surface area (Å²) in [7, 11) is 0.579. The Bertz CT molecular complexity index is 671. The fourth-order valence-electron chi connectivity index (χ4n) is 10.2. The molecule has 262 valence electrons. The summed E-state index contributed by atoms with van der Waals surface area (Å²) < 4.78 is 0. The largest absolute Gasteiger partial charge is 0.0965 e. The van der Waals surface area contributed by atoms with Crippen molar-refractivity contribution in [2.75, 3.05) is 12.3 Å². The Labute approximate surface area is 298 Å². The van der Waals surface area contributed by atoms with Gasteiger partial charge in [0, 0.05) is 20.4 Å². The molecule has 0 aromatic heterocycles. The van der Waals surface area contributed by atoms with Crippen LogP contribution in [-0.4, -0.2) is 35.0 Å².